The SMILES string of the molecule is Brc1ccccc1CCc1ccccc1Br.[CH2-]CCC.[CH3+].[Li+].[Li+].[Li-].[c-]1ccccc1CCc1[c-]cccc1. The van der Waals surface area contributed by atoms with Gasteiger partial charge >= 0.3 is 37.7 Å². The van der Waals surface area contributed by atoms with Crippen molar-refractivity contribution < 1.29 is 37.7 Å². The van der Waals surface area contributed by atoms with E-state index in [1.165, 1.54) is 37.6 Å². The van der Waals surface area contributed by atoms with Crippen LogP contribution in [0.2, 0.25) is 0 Å². The molecule has 4 aromatic rings. The molecular formula is C33H36Br2Li3-. The number of aryl methyl sites for hydroxylation is 4. The van der Waals surface area contributed by atoms with Crippen molar-refractivity contribution in [3.05, 3.63) is 155 Å². The standard InChI is InChI=1S/C14H12Br2.C14H12.C4H9.CH3.3Li/c15-13-7-3-1-5-11(13)9-10-12-6-2-4-8-14(12)16;1-3-7-13(8-4-1)11-12-14-9-5-2-6-10-14;1-3-4-2;;;;/h1-8H,9-10H2;1-7,9H,11-12H2;1,3-4H2,2H3;1H3;;;/q;-2;-1;+1;-1;2*+1. The van der Waals surface area contributed by atoms with Crippen molar-refractivity contribution in [3.8, 4) is 0 Å². The largest absolute Gasteiger partial charge is 1.00 e. The summed E-state index contributed by atoms with van der Waals surface area (Å²) in [5.41, 5.74) is 5.26. The van der Waals surface area contributed by atoms with Gasteiger partial charge in [0.15, 0.2) is 0 Å². The molecule has 0 aliphatic heterocycles. The van der Waals surface area contributed by atoms with Gasteiger partial charge in [0.25, 0.3) is 0 Å². The fraction of sp³-hybridized carbons (Fsp3) is 0.212. The third kappa shape index (κ3) is 18.0. The summed E-state index contributed by atoms with van der Waals surface area (Å²) >= 11 is 7.15. The Morgan fingerprint density at radius 2 is 0.947 bits per heavy atom. The van der Waals surface area contributed by atoms with Gasteiger partial charge in [-0.05, 0) is 48.9 Å². The van der Waals surface area contributed by atoms with Gasteiger partial charge in [-0.15, -0.1) is 0 Å². The first kappa shape index (κ1) is 42.0. The van der Waals surface area contributed by atoms with Crippen molar-refractivity contribution in [2.45, 2.75) is 45.4 Å². The average Bonchev–Trinajstić information content (AvgIpc) is 2.90. The number of halogens is 2. The Kier molecular flexibility index (Phi) is 29.5. The molecule has 186 valence electrons. The second kappa shape index (κ2) is 26.7. The van der Waals surface area contributed by atoms with Gasteiger partial charge in [0.05, 0.1) is 0 Å². The summed E-state index contributed by atoms with van der Waals surface area (Å²) in [4.78, 5) is 0. The molecule has 5 heteroatoms. The quantitative estimate of drug-likeness (QED) is 0.220. The monoisotopic (exact) mass is 611 g/mol. The van der Waals surface area contributed by atoms with Crippen LogP contribution in [0.1, 0.15) is 42.0 Å². The van der Waals surface area contributed by atoms with Crippen molar-refractivity contribution in [1.29, 1.82) is 0 Å². The van der Waals surface area contributed by atoms with Crippen molar-refractivity contribution in [2.75, 3.05) is 0 Å². The van der Waals surface area contributed by atoms with E-state index in [1.807, 2.05) is 36.4 Å². The minimum atomic E-state index is 0. The molecule has 38 heavy (non-hydrogen) atoms. The van der Waals surface area contributed by atoms with Crippen LogP contribution in [0.4, 0.5) is 0 Å². The predicted octanol–water partition coefficient (Wildman–Crippen LogP) is 3.77. The first-order valence-corrected chi connectivity index (χ1v) is 13.4. The zero-order chi connectivity index (χ0) is 24.4. The first-order valence-electron chi connectivity index (χ1n) is 11.8. The Hall–Kier alpha value is -0.498. The normalized spacial score (nSPS) is 8.84. The molecule has 0 aromatic heterocycles. The molecule has 0 unspecified atom stereocenters. The van der Waals surface area contributed by atoms with Crippen molar-refractivity contribution in [3.63, 3.8) is 0 Å². The van der Waals surface area contributed by atoms with E-state index in [2.05, 4.69) is 119 Å². The molecule has 0 bridgehead atoms. The van der Waals surface area contributed by atoms with Crippen LogP contribution < -0.4 is 37.7 Å². The first-order chi connectivity index (χ1) is 16.6. The van der Waals surface area contributed by atoms with Gasteiger partial charge in [-0.1, -0.05) is 81.6 Å². The maximum Gasteiger partial charge on any atom is 1.00 e. The molecule has 4 rings (SSSR count). The van der Waals surface area contributed by atoms with E-state index >= 15 is 0 Å². The summed E-state index contributed by atoms with van der Waals surface area (Å²) in [6.07, 6.45) is 6.48. The molecule has 0 aliphatic carbocycles. The number of rotatable bonds is 7. The van der Waals surface area contributed by atoms with Gasteiger partial charge in [0.2, 0.25) is 0 Å². The zero-order valence-corrected chi connectivity index (χ0v) is 27.1. The second-order valence-corrected chi connectivity index (χ2v) is 9.52. The molecular weight excluding hydrogens is 577 g/mol. The van der Waals surface area contributed by atoms with Crippen LogP contribution in [0.15, 0.2) is 106 Å². The Morgan fingerprint density at radius 3 is 1.24 bits per heavy atom. The molecule has 0 atom stereocenters. The molecule has 0 heterocycles. The summed E-state index contributed by atoms with van der Waals surface area (Å²) in [6, 6.07) is 39.5. The van der Waals surface area contributed by atoms with Crippen LogP contribution in [0, 0.1) is 26.5 Å². The van der Waals surface area contributed by atoms with Crippen LogP contribution in [-0.4, -0.2) is 18.9 Å². The minimum Gasteiger partial charge on any atom is -1.00 e. The Labute approximate surface area is 286 Å². The summed E-state index contributed by atoms with van der Waals surface area (Å²) in [6.45, 7) is 5.72. The molecule has 0 N–H and O–H groups in total. The molecule has 4 aromatic carbocycles. The van der Waals surface area contributed by atoms with Crippen molar-refractivity contribution in [1.82, 2.24) is 0 Å². The summed E-state index contributed by atoms with van der Waals surface area (Å²) in [5.74, 6) is 0. The molecule has 0 saturated carbocycles. The van der Waals surface area contributed by atoms with E-state index in [0.29, 0.717) is 0 Å². The second-order valence-electron chi connectivity index (χ2n) is 7.81. The molecule has 0 fully saturated rings. The summed E-state index contributed by atoms with van der Waals surface area (Å²) < 4.78 is 2.39. The fourth-order valence-electron chi connectivity index (χ4n) is 3.11. The Bertz CT molecular complexity index is 971. The van der Waals surface area contributed by atoms with Crippen molar-refractivity contribution in [2.24, 2.45) is 0 Å². The predicted molar refractivity (Wildman–Crippen MR) is 166 cm³/mol. The number of unbranched alkanes of at least 4 members (excludes halogenated alkanes) is 1. The van der Waals surface area contributed by atoms with E-state index in [9.17, 15) is 0 Å². The van der Waals surface area contributed by atoms with Crippen LogP contribution >= 0.6 is 31.9 Å². The summed E-state index contributed by atoms with van der Waals surface area (Å²) in [5, 5.41) is 0. The van der Waals surface area contributed by atoms with Gasteiger partial charge < -0.3 is 25.8 Å². The zero-order valence-electron chi connectivity index (χ0n) is 23.9. The van der Waals surface area contributed by atoms with Gasteiger partial charge in [0, 0.05) is 16.4 Å². The maximum absolute atomic E-state index is 3.60. The Morgan fingerprint density at radius 1 is 0.605 bits per heavy atom. The topological polar surface area (TPSA) is 0 Å². The third-order valence-corrected chi connectivity index (χ3v) is 6.69. The minimum absolute atomic E-state index is 0. The summed E-state index contributed by atoms with van der Waals surface area (Å²) in [7, 11) is 0. The molecule has 0 nitrogen and oxygen atoms in total. The number of hydrogen-bond donors (Lipinski definition) is 0. The van der Waals surface area contributed by atoms with E-state index < -0.39 is 0 Å². The number of hydrogen-bond acceptors (Lipinski definition) is 0. The van der Waals surface area contributed by atoms with Gasteiger partial charge in [-0.25, -0.2) is 0 Å². The van der Waals surface area contributed by atoms with Crippen LogP contribution in [-0.2, 0) is 25.7 Å². The van der Waals surface area contributed by atoms with E-state index in [0.717, 1.165) is 32.1 Å². The molecule has 0 aliphatic rings. The molecule has 0 amide bonds. The van der Waals surface area contributed by atoms with Crippen LogP contribution in [0.25, 0.3) is 0 Å². The molecule has 2 radical (unpaired) electrons. The fourth-order valence-corrected chi connectivity index (χ4v) is 4.08. The maximum atomic E-state index is 3.60. The van der Waals surface area contributed by atoms with Crippen molar-refractivity contribution >= 4 is 50.7 Å². The molecule has 0 saturated heterocycles. The van der Waals surface area contributed by atoms with E-state index in [-0.39, 0.29) is 64.0 Å². The smallest absolute Gasteiger partial charge is 1.00 e. The van der Waals surface area contributed by atoms with E-state index in [1.54, 1.807) is 0 Å². The van der Waals surface area contributed by atoms with Crippen LogP contribution in [0.5, 0.6) is 0 Å². The molecule has 0 spiro atoms. The number of benzene rings is 4. The van der Waals surface area contributed by atoms with Gasteiger partial charge in [0.1, 0.15) is 0 Å². The third-order valence-electron chi connectivity index (χ3n) is 5.14. The van der Waals surface area contributed by atoms with Gasteiger partial charge in [-0.2, -0.15) is 78.2 Å². The average molecular weight is 613 g/mol. The van der Waals surface area contributed by atoms with E-state index in [4.69, 9.17) is 0 Å². The van der Waals surface area contributed by atoms with Gasteiger partial charge in [-0.3, -0.25) is 0 Å². The Balaban J connectivity index is -0.000000520. The van der Waals surface area contributed by atoms with Crippen LogP contribution in [0.3, 0.4) is 0 Å².